The van der Waals surface area contributed by atoms with E-state index < -0.39 is 0 Å². The van der Waals surface area contributed by atoms with E-state index in [2.05, 4.69) is 77.8 Å². The van der Waals surface area contributed by atoms with Crippen LogP contribution >= 0.6 is 0 Å². The summed E-state index contributed by atoms with van der Waals surface area (Å²) >= 11 is 0. The number of benzene rings is 2. The number of nitrogens with zero attached hydrogens (tertiary/aromatic N) is 1. The van der Waals surface area contributed by atoms with Crippen LogP contribution in [0.15, 0.2) is 60.7 Å². The summed E-state index contributed by atoms with van der Waals surface area (Å²) in [6, 6.07) is 21.8. The number of hydrogen-bond acceptors (Lipinski definition) is 2. The maximum absolute atomic E-state index is 4.51. The molecule has 3 rings (SSSR count). The fourth-order valence-electron chi connectivity index (χ4n) is 3.18. The monoisotopic (exact) mass is 279 g/mol. The fourth-order valence-corrected chi connectivity index (χ4v) is 3.18. The minimum absolute atomic E-state index is 0.261. The summed E-state index contributed by atoms with van der Waals surface area (Å²) in [5.74, 6) is 0.325. The first-order chi connectivity index (χ1) is 10.4. The summed E-state index contributed by atoms with van der Waals surface area (Å²) in [6.07, 6.45) is 0. The van der Waals surface area contributed by atoms with Gasteiger partial charge in [-0.2, -0.15) is 0 Å². The van der Waals surface area contributed by atoms with E-state index in [1.165, 1.54) is 11.1 Å². The van der Waals surface area contributed by atoms with Gasteiger partial charge in [0.2, 0.25) is 0 Å². The van der Waals surface area contributed by atoms with Crippen LogP contribution in [0.2, 0.25) is 0 Å². The molecule has 0 aromatic heterocycles. The van der Waals surface area contributed by atoms with Crippen molar-refractivity contribution in [3.63, 3.8) is 0 Å². The van der Waals surface area contributed by atoms with Gasteiger partial charge < -0.3 is 5.32 Å². The minimum Gasteiger partial charge on any atom is -0.314 e. The zero-order valence-corrected chi connectivity index (χ0v) is 12.4. The molecule has 21 heavy (non-hydrogen) atoms. The van der Waals surface area contributed by atoms with Crippen LogP contribution in [0.4, 0.5) is 0 Å². The van der Waals surface area contributed by atoms with Crippen molar-refractivity contribution in [3.8, 4) is 0 Å². The molecule has 1 saturated heterocycles. The van der Waals surface area contributed by atoms with Gasteiger partial charge in [0.25, 0.3) is 0 Å². The van der Waals surface area contributed by atoms with E-state index in [4.69, 9.17) is 0 Å². The van der Waals surface area contributed by atoms with E-state index in [1.807, 2.05) is 0 Å². The highest BCUT2D eigenvalue weighted by Crippen LogP contribution is 2.30. The van der Waals surface area contributed by atoms with Gasteiger partial charge in [-0.25, -0.2) is 0 Å². The Morgan fingerprint density at radius 3 is 1.76 bits per heavy atom. The summed E-state index contributed by atoms with van der Waals surface area (Å²) in [5.41, 5.74) is 2.70. The molecule has 0 bridgehead atoms. The van der Waals surface area contributed by atoms with Crippen LogP contribution in [0, 0.1) is 6.92 Å². The maximum atomic E-state index is 4.51. The molecule has 1 aliphatic rings. The van der Waals surface area contributed by atoms with Gasteiger partial charge in [0.05, 0.1) is 0 Å². The molecule has 1 N–H and O–H groups in total. The van der Waals surface area contributed by atoms with E-state index in [1.54, 1.807) is 0 Å². The Hall–Kier alpha value is -1.64. The van der Waals surface area contributed by atoms with Gasteiger partial charge >= 0.3 is 0 Å². The van der Waals surface area contributed by atoms with Gasteiger partial charge in [0, 0.05) is 38.1 Å². The first-order valence-electron chi connectivity index (χ1n) is 7.74. The van der Waals surface area contributed by atoms with Gasteiger partial charge in [0.1, 0.15) is 0 Å². The highest BCUT2D eigenvalue weighted by molar-refractivity contribution is 5.34. The van der Waals surface area contributed by atoms with E-state index in [-0.39, 0.29) is 6.04 Å². The third kappa shape index (κ3) is 3.34. The lowest BCUT2D eigenvalue weighted by Gasteiger charge is -2.37. The molecule has 1 unspecified atom stereocenters. The molecule has 2 aromatic rings. The van der Waals surface area contributed by atoms with Crippen LogP contribution in [0.5, 0.6) is 0 Å². The normalized spacial score (nSPS) is 17.8. The first kappa shape index (κ1) is 14.3. The third-order valence-electron chi connectivity index (χ3n) is 4.32. The predicted octanol–water partition coefficient (Wildman–Crippen LogP) is 2.93. The van der Waals surface area contributed by atoms with E-state index in [0.717, 1.165) is 26.2 Å². The van der Waals surface area contributed by atoms with E-state index in [9.17, 15) is 0 Å². The quantitative estimate of drug-likeness (QED) is 0.925. The second kappa shape index (κ2) is 6.88. The molecule has 1 atom stereocenters. The lowest BCUT2D eigenvalue weighted by Crippen LogP contribution is -2.49. The SMILES string of the molecule is [CH2]C(C(c1ccccc1)c1ccccc1)N1CCNCC1. The summed E-state index contributed by atoms with van der Waals surface area (Å²) in [7, 11) is 0. The molecule has 1 heterocycles. The molecule has 2 aromatic carbocycles. The highest BCUT2D eigenvalue weighted by Gasteiger charge is 2.27. The standard InChI is InChI=1S/C19H23N2/c1-16(21-14-12-20-13-15-21)19(17-8-4-2-5-9-17)18-10-6-3-7-11-18/h2-11,16,19-20H,1,12-15H2. The lowest BCUT2D eigenvalue weighted by atomic mass is 9.85. The Morgan fingerprint density at radius 1 is 0.810 bits per heavy atom. The molecule has 0 aliphatic carbocycles. The van der Waals surface area contributed by atoms with Gasteiger partial charge in [-0.15, -0.1) is 0 Å². The molecular weight excluding hydrogens is 256 g/mol. The Bertz CT molecular complexity index is 493. The van der Waals surface area contributed by atoms with E-state index >= 15 is 0 Å². The van der Waals surface area contributed by atoms with Crippen LogP contribution < -0.4 is 5.32 Å². The van der Waals surface area contributed by atoms with E-state index in [0.29, 0.717) is 5.92 Å². The molecule has 0 spiro atoms. The average molecular weight is 279 g/mol. The second-order valence-electron chi connectivity index (χ2n) is 5.65. The summed E-state index contributed by atoms with van der Waals surface area (Å²) in [6.45, 7) is 8.78. The fraction of sp³-hybridized carbons (Fsp3) is 0.316. The van der Waals surface area contributed by atoms with Crippen LogP contribution in [-0.2, 0) is 0 Å². The number of hydrogen-bond donors (Lipinski definition) is 1. The van der Waals surface area contributed by atoms with Crippen molar-refractivity contribution in [1.82, 2.24) is 10.2 Å². The number of nitrogens with one attached hydrogen (secondary N) is 1. The van der Waals surface area contributed by atoms with Crippen molar-refractivity contribution in [2.24, 2.45) is 0 Å². The largest absolute Gasteiger partial charge is 0.314 e. The van der Waals surface area contributed by atoms with Crippen LogP contribution in [0.25, 0.3) is 0 Å². The number of rotatable bonds is 4. The maximum Gasteiger partial charge on any atom is 0.0245 e. The molecule has 1 aliphatic heterocycles. The van der Waals surface area contributed by atoms with Crippen molar-refractivity contribution in [2.45, 2.75) is 12.0 Å². The molecule has 0 amide bonds. The Balaban J connectivity index is 1.92. The predicted molar refractivity (Wildman–Crippen MR) is 88.3 cm³/mol. The summed E-state index contributed by atoms with van der Waals surface area (Å²) < 4.78 is 0. The zero-order chi connectivity index (χ0) is 14.5. The van der Waals surface area contributed by atoms with Crippen molar-refractivity contribution < 1.29 is 0 Å². The Labute approximate surface area is 127 Å². The van der Waals surface area contributed by atoms with Gasteiger partial charge in [0.15, 0.2) is 0 Å². The van der Waals surface area contributed by atoms with Gasteiger partial charge in [-0.3, -0.25) is 4.90 Å². The van der Waals surface area contributed by atoms with Gasteiger partial charge in [-0.1, -0.05) is 60.7 Å². The van der Waals surface area contributed by atoms with Crippen LogP contribution in [0.3, 0.4) is 0 Å². The smallest absolute Gasteiger partial charge is 0.0245 e. The average Bonchev–Trinajstić information content (AvgIpc) is 2.58. The summed E-state index contributed by atoms with van der Waals surface area (Å²) in [4.78, 5) is 2.50. The molecular formula is C19H23N2. The molecule has 2 nitrogen and oxygen atoms in total. The molecule has 2 heteroatoms. The van der Waals surface area contributed by atoms with Crippen molar-refractivity contribution in [3.05, 3.63) is 78.7 Å². The zero-order valence-electron chi connectivity index (χ0n) is 12.4. The topological polar surface area (TPSA) is 15.3 Å². The van der Waals surface area contributed by atoms with Crippen LogP contribution in [-0.4, -0.2) is 37.1 Å². The molecule has 0 saturated carbocycles. The lowest BCUT2D eigenvalue weighted by molar-refractivity contribution is 0.188. The second-order valence-corrected chi connectivity index (χ2v) is 5.65. The molecule has 1 fully saturated rings. The first-order valence-corrected chi connectivity index (χ1v) is 7.74. The van der Waals surface area contributed by atoms with Crippen molar-refractivity contribution in [2.75, 3.05) is 26.2 Å². The van der Waals surface area contributed by atoms with Crippen LogP contribution in [0.1, 0.15) is 17.0 Å². The van der Waals surface area contributed by atoms with Crippen molar-refractivity contribution in [1.29, 1.82) is 0 Å². The van der Waals surface area contributed by atoms with Gasteiger partial charge in [-0.05, 0) is 18.1 Å². The van der Waals surface area contributed by atoms with Crippen molar-refractivity contribution >= 4 is 0 Å². The highest BCUT2D eigenvalue weighted by atomic mass is 15.2. The third-order valence-corrected chi connectivity index (χ3v) is 4.32. The minimum atomic E-state index is 0.261. The Kier molecular flexibility index (Phi) is 4.69. The summed E-state index contributed by atoms with van der Waals surface area (Å²) in [5, 5.41) is 3.42. The Morgan fingerprint density at radius 2 is 1.29 bits per heavy atom. The molecule has 1 radical (unpaired) electrons. The number of piperazine rings is 1. The molecule has 109 valence electrons.